The molecule has 5 nitrogen and oxygen atoms in total. The molecule has 0 aliphatic carbocycles. The number of halogens is 2. The minimum Gasteiger partial charge on any atom is -0.399 e. The van der Waals surface area contributed by atoms with Gasteiger partial charge in [0.25, 0.3) is 0 Å². The van der Waals surface area contributed by atoms with Crippen LogP contribution < -0.4 is 10.5 Å². The summed E-state index contributed by atoms with van der Waals surface area (Å²) in [4.78, 5) is -0.240. The van der Waals surface area contributed by atoms with Crippen molar-refractivity contribution < 1.29 is 13.5 Å². The average molecular weight is 299 g/mol. The summed E-state index contributed by atoms with van der Waals surface area (Å²) in [6.45, 7) is 1.33. The van der Waals surface area contributed by atoms with Gasteiger partial charge in [-0.15, -0.1) is 0 Å². The lowest BCUT2D eigenvalue weighted by molar-refractivity contribution is 0.198. The second-order valence-electron chi connectivity index (χ2n) is 3.51. The van der Waals surface area contributed by atoms with Crippen molar-refractivity contribution in [2.24, 2.45) is 0 Å². The van der Waals surface area contributed by atoms with Gasteiger partial charge in [0.05, 0.1) is 16.1 Å². The molecule has 1 rings (SSSR count). The molecule has 0 bridgehead atoms. The molecule has 0 radical (unpaired) electrons. The summed E-state index contributed by atoms with van der Waals surface area (Å²) in [5.74, 6) is 0. The maximum absolute atomic E-state index is 11.9. The Morgan fingerprint density at radius 1 is 1.41 bits per heavy atom. The number of nitrogens with one attached hydrogen (secondary N) is 1. The molecule has 0 spiro atoms. The minimum atomic E-state index is -3.86. The quantitative estimate of drug-likeness (QED) is 0.729. The van der Waals surface area contributed by atoms with E-state index in [9.17, 15) is 8.42 Å². The number of rotatable bonds is 4. The van der Waals surface area contributed by atoms with E-state index < -0.39 is 16.1 Å². The highest BCUT2D eigenvalue weighted by molar-refractivity contribution is 7.89. The number of hydrogen-bond donors (Lipinski definition) is 3. The Labute approximate surface area is 110 Å². The van der Waals surface area contributed by atoms with Gasteiger partial charge in [0.2, 0.25) is 10.0 Å². The van der Waals surface area contributed by atoms with E-state index in [-0.39, 0.29) is 27.2 Å². The number of hydrogen-bond acceptors (Lipinski definition) is 4. The molecule has 96 valence electrons. The number of aliphatic hydroxyl groups is 1. The van der Waals surface area contributed by atoms with Crippen LogP contribution in [-0.2, 0) is 10.0 Å². The Balaban J connectivity index is 3.16. The fraction of sp³-hybridized carbons (Fsp3) is 0.333. The van der Waals surface area contributed by atoms with Gasteiger partial charge in [-0.3, -0.25) is 0 Å². The molecule has 4 N–H and O–H groups in total. The molecule has 1 aromatic carbocycles. The normalized spacial score (nSPS) is 13.6. The summed E-state index contributed by atoms with van der Waals surface area (Å²) in [7, 11) is -3.86. The zero-order valence-corrected chi connectivity index (χ0v) is 11.3. The van der Waals surface area contributed by atoms with E-state index in [0.717, 1.165) is 0 Å². The number of nitrogens with two attached hydrogens (primary N) is 1. The smallest absolute Gasteiger partial charge is 0.243 e. The number of nitrogen functional groups attached to an aromatic ring is 1. The van der Waals surface area contributed by atoms with Gasteiger partial charge in [0, 0.05) is 12.2 Å². The standard InChI is InChI=1S/C9H12Cl2N2O3S/c1-5(14)4-13-17(15,16)9-7(10)2-6(12)3-8(9)11/h2-3,5,13-14H,4,12H2,1H3/t5-/m0/s1. The van der Waals surface area contributed by atoms with Gasteiger partial charge in [0.1, 0.15) is 4.90 Å². The van der Waals surface area contributed by atoms with Crippen molar-refractivity contribution in [1.82, 2.24) is 4.72 Å². The van der Waals surface area contributed by atoms with E-state index in [2.05, 4.69) is 4.72 Å². The van der Waals surface area contributed by atoms with Crippen LogP contribution in [-0.4, -0.2) is 26.2 Å². The van der Waals surface area contributed by atoms with E-state index in [1.807, 2.05) is 0 Å². The molecule has 17 heavy (non-hydrogen) atoms. The first kappa shape index (κ1) is 14.5. The third-order valence-corrected chi connectivity index (χ3v) is 4.20. The van der Waals surface area contributed by atoms with Crippen LogP contribution in [0.25, 0.3) is 0 Å². The SMILES string of the molecule is C[C@H](O)CNS(=O)(=O)c1c(Cl)cc(N)cc1Cl. The second-order valence-corrected chi connectivity index (χ2v) is 6.03. The molecule has 0 aliphatic rings. The molecular weight excluding hydrogens is 287 g/mol. The Kier molecular flexibility index (Phi) is 4.62. The monoisotopic (exact) mass is 298 g/mol. The fourth-order valence-corrected chi connectivity index (χ4v) is 3.49. The van der Waals surface area contributed by atoms with Crippen LogP contribution in [0, 0.1) is 0 Å². The zero-order chi connectivity index (χ0) is 13.2. The first-order valence-corrected chi connectivity index (χ1v) is 6.90. The Morgan fingerprint density at radius 3 is 2.29 bits per heavy atom. The summed E-state index contributed by atoms with van der Waals surface area (Å²) in [6.07, 6.45) is -0.809. The lowest BCUT2D eigenvalue weighted by Crippen LogP contribution is -2.31. The largest absolute Gasteiger partial charge is 0.399 e. The van der Waals surface area contributed by atoms with Crippen LogP contribution in [0.15, 0.2) is 17.0 Å². The predicted octanol–water partition coefficient (Wildman–Crippen LogP) is 1.23. The molecule has 0 fully saturated rings. The van der Waals surface area contributed by atoms with Crippen molar-refractivity contribution in [3.05, 3.63) is 22.2 Å². The van der Waals surface area contributed by atoms with E-state index in [4.69, 9.17) is 34.0 Å². The molecule has 0 aliphatic heterocycles. The van der Waals surface area contributed by atoms with Gasteiger partial charge in [-0.2, -0.15) is 0 Å². The van der Waals surface area contributed by atoms with Crippen LogP contribution >= 0.6 is 23.2 Å². The molecule has 0 aromatic heterocycles. The van der Waals surface area contributed by atoms with Gasteiger partial charge >= 0.3 is 0 Å². The zero-order valence-electron chi connectivity index (χ0n) is 8.94. The van der Waals surface area contributed by atoms with Gasteiger partial charge < -0.3 is 10.8 Å². The van der Waals surface area contributed by atoms with Crippen LogP contribution in [0.4, 0.5) is 5.69 Å². The summed E-state index contributed by atoms with van der Waals surface area (Å²) in [6, 6.07) is 2.59. The Bertz CT molecular complexity index is 494. The number of sulfonamides is 1. The highest BCUT2D eigenvalue weighted by Gasteiger charge is 2.22. The molecule has 1 aromatic rings. The second kappa shape index (κ2) is 5.41. The lowest BCUT2D eigenvalue weighted by Gasteiger charge is -2.11. The van der Waals surface area contributed by atoms with Crippen molar-refractivity contribution in [2.75, 3.05) is 12.3 Å². The highest BCUT2D eigenvalue weighted by atomic mass is 35.5. The number of anilines is 1. The van der Waals surface area contributed by atoms with Crippen molar-refractivity contribution in [3.63, 3.8) is 0 Å². The molecule has 0 saturated heterocycles. The highest BCUT2D eigenvalue weighted by Crippen LogP contribution is 2.31. The number of benzene rings is 1. The summed E-state index contributed by atoms with van der Waals surface area (Å²) >= 11 is 11.6. The Hall–Kier alpha value is -0.530. The lowest BCUT2D eigenvalue weighted by atomic mass is 10.3. The number of aliphatic hydroxyl groups excluding tert-OH is 1. The van der Waals surface area contributed by atoms with Crippen molar-refractivity contribution in [3.8, 4) is 0 Å². The van der Waals surface area contributed by atoms with E-state index >= 15 is 0 Å². The van der Waals surface area contributed by atoms with Gasteiger partial charge in [-0.25, -0.2) is 13.1 Å². The third kappa shape index (κ3) is 3.72. The first-order chi connectivity index (χ1) is 7.74. The topological polar surface area (TPSA) is 92.4 Å². The van der Waals surface area contributed by atoms with Crippen LogP contribution in [0.3, 0.4) is 0 Å². The maximum atomic E-state index is 11.9. The maximum Gasteiger partial charge on any atom is 0.243 e. The van der Waals surface area contributed by atoms with Gasteiger partial charge in [-0.1, -0.05) is 23.2 Å². The molecule has 8 heteroatoms. The summed E-state index contributed by atoms with van der Waals surface area (Å²) in [5, 5.41) is 8.91. The fourth-order valence-electron chi connectivity index (χ4n) is 1.14. The van der Waals surface area contributed by atoms with E-state index in [1.165, 1.54) is 19.1 Å². The molecule has 0 saturated carbocycles. The average Bonchev–Trinajstić information content (AvgIpc) is 2.12. The van der Waals surface area contributed by atoms with E-state index in [0.29, 0.717) is 0 Å². The minimum absolute atomic E-state index is 0.0620. The van der Waals surface area contributed by atoms with Gasteiger partial charge in [-0.05, 0) is 19.1 Å². The summed E-state index contributed by atoms with van der Waals surface area (Å²) in [5.41, 5.74) is 5.74. The molecule has 1 atom stereocenters. The first-order valence-electron chi connectivity index (χ1n) is 4.66. The third-order valence-electron chi connectivity index (χ3n) is 1.86. The predicted molar refractivity (Wildman–Crippen MR) is 67.7 cm³/mol. The molecule has 0 heterocycles. The van der Waals surface area contributed by atoms with Crippen molar-refractivity contribution in [1.29, 1.82) is 0 Å². The molecule has 0 amide bonds. The van der Waals surface area contributed by atoms with Crippen LogP contribution in [0.1, 0.15) is 6.92 Å². The summed E-state index contributed by atoms with van der Waals surface area (Å²) < 4.78 is 25.9. The van der Waals surface area contributed by atoms with E-state index in [1.54, 1.807) is 0 Å². The van der Waals surface area contributed by atoms with Gasteiger partial charge in [0.15, 0.2) is 0 Å². The van der Waals surface area contributed by atoms with Crippen molar-refractivity contribution in [2.45, 2.75) is 17.9 Å². The molecule has 0 unspecified atom stereocenters. The molecular formula is C9H12Cl2N2O3S. The van der Waals surface area contributed by atoms with Crippen LogP contribution in [0.2, 0.25) is 10.0 Å². The van der Waals surface area contributed by atoms with Crippen LogP contribution in [0.5, 0.6) is 0 Å². The van der Waals surface area contributed by atoms with Crippen molar-refractivity contribution >= 4 is 38.9 Å². The Morgan fingerprint density at radius 2 is 1.88 bits per heavy atom.